The van der Waals surface area contributed by atoms with Crippen molar-refractivity contribution in [3.8, 4) is 11.6 Å². The van der Waals surface area contributed by atoms with Gasteiger partial charge < -0.3 is 9.84 Å². The predicted molar refractivity (Wildman–Crippen MR) is 73.0 cm³/mol. The number of hydrogen-bond acceptors (Lipinski definition) is 4. The van der Waals surface area contributed by atoms with Crippen LogP contribution in [0.15, 0.2) is 30.3 Å². The number of carbonyl (C=O) groups is 1. The Hall–Kier alpha value is -1.70. The first-order valence-corrected chi connectivity index (χ1v) is 6.15. The van der Waals surface area contributed by atoms with Crippen molar-refractivity contribution in [2.45, 2.75) is 6.92 Å². The molecule has 1 heterocycles. The Morgan fingerprint density at radius 1 is 1.28 bits per heavy atom. The van der Waals surface area contributed by atoms with Crippen LogP contribution in [0.25, 0.3) is 0 Å². The fourth-order valence-corrected chi connectivity index (χ4v) is 1.71. The van der Waals surface area contributed by atoms with E-state index in [4.69, 9.17) is 9.84 Å². The molecule has 0 spiro atoms. The van der Waals surface area contributed by atoms with E-state index >= 15 is 0 Å². The van der Waals surface area contributed by atoms with E-state index in [0.29, 0.717) is 11.6 Å². The van der Waals surface area contributed by atoms with Crippen molar-refractivity contribution in [3.05, 3.63) is 45.2 Å². The summed E-state index contributed by atoms with van der Waals surface area (Å²) in [5, 5.41) is 16.7. The summed E-state index contributed by atoms with van der Waals surface area (Å²) in [4.78, 5) is 10.9. The standard InChI is InChI=1S/C12H9IN2O3/c1-7-2-5-11(15-14-7)18-10-6-8(12(16)17)3-4-9(10)13/h2-6H,1H3,(H,16,17). The molecule has 1 N–H and O–H groups in total. The van der Waals surface area contributed by atoms with Gasteiger partial charge in [0.05, 0.1) is 14.8 Å². The molecule has 92 valence electrons. The molecule has 0 radical (unpaired) electrons. The minimum Gasteiger partial charge on any atom is -0.478 e. The Kier molecular flexibility index (Phi) is 3.75. The molecular formula is C12H9IN2O3. The van der Waals surface area contributed by atoms with E-state index in [0.717, 1.165) is 9.26 Å². The third-order valence-electron chi connectivity index (χ3n) is 2.17. The van der Waals surface area contributed by atoms with Gasteiger partial charge in [0.15, 0.2) is 0 Å². The normalized spacial score (nSPS) is 10.1. The molecule has 2 aromatic rings. The molecule has 1 aromatic carbocycles. The highest BCUT2D eigenvalue weighted by molar-refractivity contribution is 14.1. The van der Waals surface area contributed by atoms with Crippen LogP contribution < -0.4 is 4.74 Å². The number of aromatic nitrogens is 2. The molecule has 2 rings (SSSR count). The van der Waals surface area contributed by atoms with E-state index in [1.807, 2.05) is 6.92 Å². The zero-order chi connectivity index (χ0) is 13.1. The van der Waals surface area contributed by atoms with Crippen LogP contribution in [0.3, 0.4) is 0 Å². The maximum Gasteiger partial charge on any atom is 0.335 e. The first-order valence-electron chi connectivity index (χ1n) is 5.07. The number of aromatic carboxylic acids is 1. The van der Waals surface area contributed by atoms with Crippen LogP contribution in [0, 0.1) is 10.5 Å². The van der Waals surface area contributed by atoms with Gasteiger partial charge in [0.2, 0.25) is 5.88 Å². The Labute approximate surface area is 117 Å². The average molecular weight is 356 g/mol. The lowest BCUT2D eigenvalue weighted by Crippen LogP contribution is -1.98. The minimum atomic E-state index is -0.994. The van der Waals surface area contributed by atoms with Gasteiger partial charge in [-0.3, -0.25) is 0 Å². The third-order valence-corrected chi connectivity index (χ3v) is 3.06. The van der Waals surface area contributed by atoms with Crippen molar-refractivity contribution in [1.82, 2.24) is 10.2 Å². The minimum absolute atomic E-state index is 0.172. The fraction of sp³-hybridized carbons (Fsp3) is 0.0833. The highest BCUT2D eigenvalue weighted by Crippen LogP contribution is 2.26. The summed E-state index contributed by atoms with van der Waals surface area (Å²) >= 11 is 2.07. The summed E-state index contributed by atoms with van der Waals surface area (Å²) in [6.07, 6.45) is 0. The molecule has 0 amide bonds. The molecule has 0 unspecified atom stereocenters. The van der Waals surface area contributed by atoms with Gasteiger partial charge in [-0.2, -0.15) is 5.10 Å². The number of carboxylic acids is 1. The van der Waals surface area contributed by atoms with Gasteiger partial charge in [-0.15, -0.1) is 5.10 Å². The van der Waals surface area contributed by atoms with Gasteiger partial charge in [-0.1, -0.05) is 0 Å². The van der Waals surface area contributed by atoms with Gasteiger partial charge in [0, 0.05) is 6.07 Å². The largest absolute Gasteiger partial charge is 0.478 e. The molecule has 5 nitrogen and oxygen atoms in total. The molecule has 0 aliphatic rings. The van der Waals surface area contributed by atoms with Crippen LogP contribution in [0.5, 0.6) is 11.6 Å². The highest BCUT2D eigenvalue weighted by Gasteiger charge is 2.09. The summed E-state index contributed by atoms with van der Waals surface area (Å²) in [6.45, 7) is 1.82. The Bertz CT molecular complexity index is 584. The highest BCUT2D eigenvalue weighted by atomic mass is 127. The molecule has 0 fully saturated rings. The Morgan fingerprint density at radius 2 is 2.06 bits per heavy atom. The van der Waals surface area contributed by atoms with Gasteiger partial charge >= 0.3 is 5.97 Å². The number of halogens is 1. The zero-order valence-electron chi connectivity index (χ0n) is 9.42. The quantitative estimate of drug-likeness (QED) is 0.857. The molecule has 0 aliphatic carbocycles. The number of benzene rings is 1. The number of ether oxygens (including phenoxy) is 1. The van der Waals surface area contributed by atoms with E-state index in [1.54, 1.807) is 18.2 Å². The lowest BCUT2D eigenvalue weighted by Gasteiger charge is -2.07. The second-order valence-electron chi connectivity index (χ2n) is 3.57. The molecule has 0 saturated heterocycles. The first-order chi connectivity index (χ1) is 8.56. The van der Waals surface area contributed by atoms with E-state index < -0.39 is 5.97 Å². The molecule has 6 heteroatoms. The lowest BCUT2D eigenvalue weighted by atomic mass is 10.2. The second-order valence-corrected chi connectivity index (χ2v) is 4.73. The monoisotopic (exact) mass is 356 g/mol. The first kappa shape index (κ1) is 12.7. The SMILES string of the molecule is Cc1ccc(Oc2cc(C(=O)O)ccc2I)nn1. The maximum atomic E-state index is 10.9. The summed E-state index contributed by atoms with van der Waals surface area (Å²) in [5.41, 5.74) is 0.960. The van der Waals surface area contributed by atoms with Crippen LogP contribution >= 0.6 is 22.6 Å². The van der Waals surface area contributed by atoms with Crippen molar-refractivity contribution < 1.29 is 14.6 Å². The molecule has 0 bridgehead atoms. The third kappa shape index (κ3) is 2.95. The van der Waals surface area contributed by atoms with E-state index in [2.05, 4.69) is 32.8 Å². The molecular weight excluding hydrogens is 347 g/mol. The van der Waals surface area contributed by atoms with Crippen LogP contribution in [0.2, 0.25) is 0 Å². The molecule has 0 aliphatic heterocycles. The molecule has 0 atom stereocenters. The van der Waals surface area contributed by atoms with Crippen LogP contribution in [-0.2, 0) is 0 Å². The van der Waals surface area contributed by atoms with Crippen molar-refractivity contribution in [2.75, 3.05) is 0 Å². The number of nitrogens with zero attached hydrogens (tertiary/aromatic N) is 2. The number of aryl methyl sites for hydroxylation is 1. The molecule has 18 heavy (non-hydrogen) atoms. The summed E-state index contributed by atoms with van der Waals surface area (Å²) in [7, 11) is 0. The van der Waals surface area contributed by atoms with Crippen molar-refractivity contribution in [3.63, 3.8) is 0 Å². The van der Waals surface area contributed by atoms with Crippen molar-refractivity contribution in [1.29, 1.82) is 0 Å². The van der Waals surface area contributed by atoms with Crippen molar-refractivity contribution in [2.24, 2.45) is 0 Å². The van der Waals surface area contributed by atoms with Crippen molar-refractivity contribution >= 4 is 28.6 Å². The molecule has 1 aromatic heterocycles. The smallest absolute Gasteiger partial charge is 0.335 e. The maximum absolute atomic E-state index is 10.9. The summed E-state index contributed by atoms with van der Waals surface area (Å²) < 4.78 is 6.32. The van der Waals surface area contributed by atoms with Crippen LogP contribution in [0.4, 0.5) is 0 Å². The van der Waals surface area contributed by atoms with Crippen LogP contribution in [-0.4, -0.2) is 21.3 Å². The van der Waals surface area contributed by atoms with Gasteiger partial charge in [0.1, 0.15) is 5.75 Å². The zero-order valence-corrected chi connectivity index (χ0v) is 11.6. The van der Waals surface area contributed by atoms with E-state index in [1.165, 1.54) is 12.1 Å². The Balaban J connectivity index is 2.30. The second kappa shape index (κ2) is 5.30. The predicted octanol–water partition coefficient (Wildman–Crippen LogP) is 2.88. The molecule has 0 saturated carbocycles. The number of carboxylic acid groups (broad SMARTS) is 1. The summed E-state index contributed by atoms with van der Waals surface area (Å²) in [5.74, 6) is -0.207. The van der Waals surface area contributed by atoms with E-state index in [-0.39, 0.29) is 5.56 Å². The van der Waals surface area contributed by atoms with Gasteiger partial charge in [0.25, 0.3) is 0 Å². The fourth-order valence-electron chi connectivity index (χ4n) is 1.27. The topological polar surface area (TPSA) is 72.3 Å². The number of hydrogen-bond donors (Lipinski definition) is 1. The summed E-state index contributed by atoms with van der Waals surface area (Å²) in [6, 6.07) is 8.13. The van der Waals surface area contributed by atoms with E-state index in [9.17, 15) is 4.79 Å². The Morgan fingerprint density at radius 3 is 2.67 bits per heavy atom. The van der Waals surface area contributed by atoms with Gasteiger partial charge in [-0.05, 0) is 53.8 Å². The lowest BCUT2D eigenvalue weighted by molar-refractivity contribution is 0.0696. The average Bonchev–Trinajstić information content (AvgIpc) is 2.34. The number of rotatable bonds is 3. The van der Waals surface area contributed by atoms with Crippen LogP contribution in [0.1, 0.15) is 16.1 Å². The van der Waals surface area contributed by atoms with Gasteiger partial charge in [-0.25, -0.2) is 4.79 Å².